The van der Waals surface area contributed by atoms with E-state index in [2.05, 4.69) is 31.2 Å². The van der Waals surface area contributed by atoms with Crippen molar-refractivity contribution in [3.05, 3.63) is 56.8 Å². The van der Waals surface area contributed by atoms with Crippen molar-refractivity contribution in [1.82, 2.24) is 0 Å². The van der Waals surface area contributed by atoms with Gasteiger partial charge in [-0.15, -0.1) is 11.3 Å². The number of aliphatic hydroxyl groups is 1. The Morgan fingerprint density at radius 3 is 2.85 bits per heavy atom. The zero-order chi connectivity index (χ0) is 13.9. The van der Waals surface area contributed by atoms with Crippen LogP contribution < -0.4 is 0 Å². The van der Waals surface area contributed by atoms with Gasteiger partial charge in [-0.2, -0.15) is 0 Å². The van der Waals surface area contributed by atoms with Crippen LogP contribution in [0.25, 0.3) is 0 Å². The Labute approximate surface area is 125 Å². The Morgan fingerprint density at radius 1 is 1.15 bits per heavy atom. The fourth-order valence-corrected chi connectivity index (χ4v) is 4.24. The molecule has 0 bridgehead atoms. The molecule has 0 saturated carbocycles. The number of hydrogen-bond acceptors (Lipinski definition) is 2. The number of fused-ring (bicyclic) bond motifs is 1. The summed E-state index contributed by atoms with van der Waals surface area (Å²) < 4.78 is 0. The molecule has 1 aromatic heterocycles. The molecule has 1 aliphatic carbocycles. The molecule has 0 radical (unpaired) electrons. The molecule has 3 rings (SSSR count). The summed E-state index contributed by atoms with van der Waals surface area (Å²) in [6, 6.07) is 10.6. The molecule has 106 valence electrons. The number of hydrogen-bond donors (Lipinski definition) is 1. The van der Waals surface area contributed by atoms with E-state index in [4.69, 9.17) is 0 Å². The number of thiophene rings is 1. The topological polar surface area (TPSA) is 20.2 Å². The molecule has 1 atom stereocenters. The molecule has 1 unspecified atom stereocenters. The molecular formula is C18H22OS. The van der Waals surface area contributed by atoms with E-state index in [9.17, 15) is 5.11 Å². The Kier molecular flexibility index (Phi) is 4.23. The molecule has 1 N–H and O–H groups in total. The Bertz CT molecular complexity index is 561. The summed E-state index contributed by atoms with van der Waals surface area (Å²) in [6.45, 7) is 2.15. The molecule has 0 spiro atoms. The van der Waals surface area contributed by atoms with Crippen LogP contribution in [-0.4, -0.2) is 5.11 Å². The second-order valence-electron chi connectivity index (χ2n) is 5.66. The molecule has 0 aliphatic heterocycles. The maximum atomic E-state index is 10.6. The van der Waals surface area contributed by atoms with Crippen LogP contribution in [0, 0.1) is 0 Å². The first-order chi connectivity index (χ1) is 9.78. The van der Waals surface area contributed by atoms with Crippen LogP contribution in [0.1, 0.15) is 58.7 Å². The number of aryl methyl sites for hydroxylation is 3. The van der Waals surface area contributed by atoms with Crippen LogP contribution in [0.5, 0.6) is 0 Å². The highest BCUT2D eigenvalue weighted by Crippen LogP contribution is 2.34. The first-order valence-electron chi connectivity index (χ1n) is 7.66. The van der Waals surface area contributed by atoms with Crippen LogP contribution in [0.3, 0.4) is 0 Å². The Morgan fingerprint density at radius 2 is 2.00 bits per heavy atom. The van der Waals surface area contributed by atoms with Gasteiger partial charge < -0.3 is 5.11 Å². The van der Waals surface area contributed by atoms with E-state index < -0.39 is 6.10 Å². The maximum Gasteiger partial charge on any atom is 0.113 e. The summed E-state index contributed by atoms with van der Waals surface area (Å²) >= 11 is 1.82. The number of benzene rings is 1. The zero-order valence-electron chi connectivity index (χ0n) is 12.1. The second-order valence-corrected chi connectivity index (χ2v) is 6.83. The molecule has 2 heteroatoms. The molecule has 2 aromatic rings. The van der Waals surface area contributed by atoms with Crippen molar-refractivity contribution in [2.75, 3.05) is 0 Å². The lowest BCUT2D eigenvalue weighted by atomic mass is 10.0. The van der Waals surface area contributed by atoms with Gasteiger partial charge in [0.05, 0.1) is 0 Å². The molecule has 1 heterocycles. The summed E-state index contributed by atoms with van der Waals surface area (Å²) in [5.41, 5.74) is 3.80. The SMILES string of the molecule is CCc1cccc(C(O)c2cc3c(s2)CCCCC3)c1. The third-order valence-electron chi connectivity index (χ3n) is 4.21. The summed E-state index contributed by atoms with van der Waals surface area (Å²) in [7, 11) is 0. The molecule has 0 amide bonds. The molecule has 1 aliphatic rings. The number of rotatable bonds is 3. The minimum atomic E-state index is -0.460. The maximum absolute atomic E-state index is 10.6. The van der Waals surface area contributed by atoms with Gasteiger partial charge in [0, 0.05) is 9.75 Å². The van der Waals surface area contributed by atoms with E-state index in [0.717, 1.165) is 16.9 Å². The van der Waals surface area contributed by atoms with Crippen molar-refractivity contribution in [1.29, 1.82) is 0 Å². The van der Waals surface area contributed by atoms with E-state index in [1.165, 1.54) is 48.1 Å². The monoisotopic (exact) mass is 286 g/mol. The van der Waals surface area contributed by atoms with Gasteiger partial charge in [-0.1, -0.05) is 37.6 Å². The van der Waals surface area contributed by atoms with Gasteiger partial charge in [0.1, 0.15) is 6.10 Å². The smallest absolute Gasteiger partial charge is 0.113 e. The predicted molar refractivity (Wildman–Crippen MR) is 85.5 cm³/mol. The average Bonchev–Trinajstić information content (AvgIpc) is 2.77. The van der Waals surface area contributed by atoms with Crippen LogP contribution in [0.15, 0.2) is 30.3 Å². The zero-order valence-corrected chi connectivity index (χ0v) is 12.9. The fraction of sp³-hybridized carbons (Fsp3) is 0.444. The quantitative estimate of drug-likeness (QED) is 0.814. The lowest BCUT2D eigenvalue weighted by molar-refractivity contribution is 0.224. The minimum Gasteiger partial charge on any atom is -0.383 e. The lowest BCUT2D eigenvalue weighted by Crippen LogP contribution is -1.98. The molecule has 1 aromatic carbocycles. The third-order valence-corrected chi connectivity index (χ3v) is 5.50. The molecule has 1 nitrogen and oxygen atoms in total. The van der Waals surface area contributed by atoms with Gasteiger partial charge >= 0.3 is 0 Å². The third kappa shape index (κ3) is 2.82. The van der Waals surface area contributed by atoms with Gasteiger partial charge in [-0.05, 0) is 54.9 Å². The highest BCUT2D eigenvalue weighted by atomic mass is 32.1. The average molecular weight is 286 g/mol. The van der Waals surface area contributed by atoms with Crippen LogP contribution >= 0.6 is 11.3 Å². The van der Waals surface area contributed by atoms with E-state index >= 15 is 0 Å². The van der Waals surface area contributed by atoms with E-state index in [1.807, 2.05) is 17.4 Å². The fourth-order valence-electron chi connectivity index (χ4n) is 2.97. The predicted octanol–water partition coefficient (Wildman–Crippen LogP) is 4.66. The van der Waals surface area contributed by atoms with Crippen LogP contribution in [0.4, 0.5) is 0 Å². The van der Waals surface area contributed by atoms with Gasteiger partial charge in [0.25, 0.3) is 0 Å². The standard InChI is InChI=1S/C18H22OS/c1-2-13-7-6-9-15(11-13)18(19)17-12-14-8-4-3-5-10-16(14)20-17/h6-7,9,11-12,18-19H,2-5,8,10H2,1H3. The summed E-state index contributed by atoms with van der Waals surface area (Å²) in [5, 5.41) is 10.6. The minimum absolute atomic E-state index is 0.460. The Hall–Kier alpha value is -1.12. The summed E-state index contributed by atoms with van der Waals surface area (Å²) in [6.07, 6.45) is 6.88. The number of aliphatic hydroxyl groups excluding tert-OH is 1. The molecular weight excluding hydrogens is 264 g/mol. The highest BCUT2D eigenvalue weighted by molar-refractivity contribution is 7.12. The normalized spacial score (nSPS) is 16.5. The van der Waals surface area contributed by atoms with Crippen LogP contribution in [-0.2, 0) is 19.3 Å². The first-order valence-corrected chi connectivity index (χ1v) is 8.48. The first kappa shape index (κ1) is 13.8. The van der Waals surface area contributed by atoms with Crippen molar-refractivity contribution in [2.45, 2.75) is 51.6 Å². The van der Waals surface area contributed by atoms with Gasteiger partial charge in [0.2, 0.25) is 0 Å². The van der Waals surface area contributed by atoms with Crippen molar-refractivity contribution >= 4 is 11.3 Å². The highest BCUT2D eigenvalue weighted by Gasteiger charge is 2.18. The molecule has 0 saturated heterocycles. The van der Waals surface area contributed by atoms with Crippen LogP contribution in [0.2, 0.25) is 0 Å². The molecule has 0 fully saturated rings. The summed E-state index contributed by atoms with van der Waals surface area (Å²) in [5.74, 6) is 0. The van der Waals surface area contributed by atoms with E-state index in [0.29, 0.717) is 0 Å². The van der Waals surface area contributed by atoms with Crippen molar-refractivity contribution in [3.63, 3.8) is 0 Å². The lowest BCUT2D eigenvalue weighted by Gasteiger charge is -2.10. The van der Waals surface area contributed by atoms with Gasteiger partial charge in [0.15, 0.2) is 0 Å². The van der Waals surface area contributed by atoms with Gasteiger partial charge in [-0.3, -0.25) is 0 Å². The molecule has 20 heavy (non-hydrogen) atoms. The second kappa shape index (κ2) is 6.11. The van der Waals surface area contributed by atoms with E-state index in [1.54, 1.807) is 0 Å². The van der Waals surface area contributed by atoms with Gasteiger partial charge in [-0.25, -0.2) is 0 Å². The van der Waals surface area contributed by atoms with Crippen molar-refractivity contribution in [3.8, 4) is 0 Å². The largest absolute Gasteiger partial charge is 0.383 e. The van der Waals surface area contributed by atoms with Crippen molar-refractivity contribution in [2.24, 2.45) is 0 Å². The van der Waals surface area contributed by atoms with Crippen molar-refractivity contribution < 1.29 is 5.11 Å². The summed E-state index contributed by atoms with van der Waals surface area (Å²) in [4.78, 5) is 2.62. The van der Waals surface area contributed by atoms with E-state index in [-0.39, 0.29) is 0 Å². The Balaban J connectivity index is 1.88.